The van der Waals surface area contributed by atoms with E-state index in [1.165, 1.54) is 51.7 Å². The molecule has 0 radical (unpaired) electrons. The van der Waals surface area contributed by atoms with Gasteiger partial charge in [0.05, 0.1) is 0 Å². The molecule has 1 saturated heterocycles. The van der Waals surface area contributed by atoms with Gasteiger partial charge in [-0.25, -0.2) is 0 Å². The molecule has 0 amide bonds. The molecule has 1 aliphatic carbocycles. The van der Waals surface area contributed by atoms with Crippen LogP contribution in [0.1, 0.15) is 32.1 Å². The first kappa shape index (κ1) is 8.30. The van der Waals surface area contributed by atoms with Gasteiger partial charge in [-0.3, -0.25) is 0 Å². The summed E-state index contributed by atoms with van der Waals surface area (Å²) in [5.74, 6) is 0. The van der Waals surface area contributed by atoms with Gasteiger partial charge in [-0.05, 0) is 32.4 Å². The third-order valence-electron chi connectivity index (χ3n) is 2.96. The van der Waals surface area contributed by atoms with Crippen molar-refractivity contribution in [3.8, 4) is 0 Å². The fraction of sp³-hybridized carbons (Fsp3) is 1.00. The maximum Gasteiger partial charge on any atom is 0.0349 e. The van der Waals surface area contributed by atoms with Crippen LogP contribution < -0.4 is 0 Å². The van der Waals surface area contributed by atoms with Crippen LogP contribution in [0.5, 0.6) is 0 Å². The third-order valence-corrected chi connectivity index (χ3v) is 4.38. The van der Waals surface area contributed by atoms with Crippen LogP contribution in [-0.4, -0.2) is 28.0 Å². The van der Waals surface area contributed by atoms with E-state index in [1.807, 2.05) is 0 Å². The smallest absolute Gasteiger partial charge is 0.0349 e. The van der Waals surface area contributed by atoms with Gasteiger partial charge in [0.1, 0.15) is 0 Å². The average Bonchev–Trinajstić information content (AvgIpc) is 2.29. The van der Waals surface area contributed by atoms with Crippen LogP contribution in [0.25, 0.3) is 0 Å². The molecule has 0 aromatic rings. The number of nitrogens with zero attached hydrogens (tertiary/aromatic N) is 1. The molecule has 0 unspecified atom stereocenters. The minimum absolute atomic E-state index is 0.665. The summed E-state index contributed by atoms with van der Waals surface area (Å²) in [7, 11) is 0. The van der Waals surface area contributed by atoms with Crippen molar-refractivity contribution >= 4 is 22.6 Å². The van der Waals surface area contributed by atoms with Gasteiger partial charge in [0.2, 0.25) is 0 Å². The summed E-state index contributed by atoms with van der Waals surface area (Å²) in [5.41, 5.74) is 0. The van der Waals surface area contributed by atoms with E-state index in [1.54, 1.807) is 0 Å². The van der Waals surface area contributed by atoms with Crippen molar-refractivity contribution in [2.24, 2.45) is 0 Å². The fourth-order valence-corrected chi connectivity index (χ4v) is 3.35. The van der Waals surface area contributed by atoms with E-state index >= 15 is 0 Å². The molecular weight excluding hydrogens is 249 g/mol. The van der Waals surface area contributed by atoms with Crippen LogP contribution in [-0.2, 0) is 0 Å². The van der Waals surface area contributed by atoms with E-state index in [0.29, 0.717) is 3.42 Å². The highest BCUT2D eigenvalue weighted by Gasteiger charge is 2.33. The molecular formula is C9H16IN. The third kappa shape index (κ3) is 1.89. The standard InChI is InChI=1S/C9H16IN/c10-9(4-1-2-5-9)8-11-6-3-7-11/h1-8H2. The molecule has 0 aromatic carbocycles. The van der Waals surface area contributed by atoms with Crippen molar-refractivity contribution in [3.63, 3.8) is 0 Å². The van der Waals surface area contributed by atoms with Gasteiger partial charge in [0.15, 0.2) is 0 Å². The Hall–Kier alpha value is 0.690. The Morgan fingerprint density at radius 1 is 1.09 bits per heavy atom. The Labute approximate surface area is 82.7 Å². The molecule has 1 aliphatic heterocycles. The lowest BCUT2D eigenvalue weighted by atomic mass is 10.1. The number of hydrogen-bond donors (Lipinski definition) is 0. The van der Waals surface area contributed by atoms with Gasteiger partial charge in [-0.1, -0.05) is 35.4 Å². The quantitative estimate of drug-likeness (QED) is 0.547. The van der Waals surface area contributed by atoms with E-state index in [2.05, 4.69) is 27.5 Å². The van der Waals surface area contributed by atoms with Crippen LogP contribution in [0.3, 0.4) is 0 Å². The van der Waals surface area contributed by atoms with E-state index in [9.17, 15) is 0 Å². The molecule has 0 N–H and O–H groups in total. The van der Waals surface area contributed by atoms with Gasteiger partial charge < -0.3 is 4.90 Å². The summed E-state index contributed by atoms with van der Waals surface area (Å²) < 4.78 is 0.665. The molecule has 1 nitrogen and oxygen atoms in total. The largest absolute Gasteiger partial charge is 0.302 e. The molecule has 0 atom stereocenters. The first-order chi connectivity index (χ1) is 5.29. The van der Waals surface area contributed by atoms with Crippen LogP contribution in [0.15, 0.2) is 0 Å². The number of hydrogen-bond acceptors (Lipinski definition) is 1. The van der Waals surface area contributed by atoms with Gasteiger partial charge >= 0.3 is 0 Å². The van der Waals surface area contributed by atoms with Crippen LogP contribution in [0.4, 0.5) is 0 Å². The number of halogens is 1. The second-order valence-electron chi connectivity index (χ2n) is 3.99. The lowest BCUT2D eigenvalue weighted by molar-refractivity contribution is 0.166. The molecule has 1 heterocycles. The second-order valence-corrected chi connectivity index (χ2v) is 6.28. The predicted octanol–water partition coefficient (Wildman–Crippen LogP) is 2.44. The zero-order chi connectivity index (χ0) is 7.73. The Morgan fingerprint density at radius 2 is 1.73 bits per heavy atom. The Kier molecular flexibility index (Phi) is 2.42. The van der Waals surface area contributed by atoms with Gasteiger partial charge in [0.25, 0.3) is 0 Å². The minimum atomic E-state index is 0.665. The Morgan fingerprint density at radius 3 is 2.18 bits per heavy atom. The van der Waals surface area contributed by atoms with E-state index in [4.69, 9.17) is 0 Å². The monoisotopic (exact) mass is 265 g/mol. The van der Waals surface area contributed by atoms with Gasteiger partial charge in [-0.2, -0.15) is 0 Å². The summed E-state index contributed by atoms with van der Waals surface area (Å²) in [6, 6.07) is 0. The zero-order valence-electron chi connectivity index (χ0n) is 6.98. The van der Waals surface area contributed by atoms with Gasteiger partial charge in [0, 0.05) is 9.97 Å². The molecule has 2 heteroatoms. The van der Waals surface area contributed by atoms with Crippen molar-refractivity contribution in [1.82, 2.24) is 4.90 Å². The molecule has 2 fully saturated rings. The maximum absolute atomic E-state index is 2.70. The van der Waals surface area contributed by atoms with E-state index in [0.717, 1.165) is 0 Å². The topological polar surface area (TPSA) is 3.24 Å². The number of rotatable bonds is 2. The highest BCUT2D eigenvalue weighted by Crippen LogP contribution is 2.39. The summed E-state index contributed by atoms with van der Waals surface area (Å²) in [6.07, 6.45) is 7.30. The van der Waals surface area contributed by atoms with Crippen molar-refractivity contribution in [1.29, 1.82) is 0 Å². The molecule has 0 aromatic heterocycles. The molecule has 1 saturated carbocycles. The predicted molar refractivity (Wildman–Crippen MR) is 56.3 cm³/mol. The molecule has 11 heavy (non-hydrogen) atoms. The Bertz CT molecular complexity index is 136. The minimum Gasteiger partial charge on any atom is -0.302 e. The molecule has 2 rings (SSSR count). The lowest BCUT2D eigenvalue weighted by Crippen LogP contribution is -2.44. The number of alkyl halides is 1. The fourth-order valence-electron chi connectivity index (χ4n) is 2.11. The second kappa shape index (κ2) is 3.21. The van der Waals surface area contributed by atoms with Crippen molar-refractivity contribution in [2.45, 2.75) is 35.5 Å². The Balaban J connectivity index is 1.82. The lowest BCUT2D eigenvalue weighted by Gasteiger charge is -2.36. The molecule has 2 aliphatic rings. The van der Waals surface area contributed by atoms with Crippen molar-refractivity contribution in [3.05, 3.63) is 0 Å². The van der Waals surface area contributed by atoms with Gasteiger partial charge in [-0.15, -0.1) is 0 Å². The summed E-state index contributed by atoms with van der Waals surface area (Å²) in [5, 5.41) is 0. The SMILES string of the molecule is IC1(CN2CCC2)CCCC1. The zero-order valence-corrected chi connectivity index (χ0v) is 9.14. The highest BCUT2D eigenvalue weighted by atomic mass is 127. The molecule has 0 bridgehead atoms. The summed E-state index contributed by atoms with van der Waals surface area (Å²) >= 11 is 2.70. The maximum atomic E-state index is 2.70. The summed E-state index contributed by atoms with van der Waals surface area (Å²) in [4.78, 5) is 2.61. The normalized spacial score (nSPS) is 30.3. The van der Waals surface area contributed by atoms with Crippen LogP contribution in [0, 0.1) is 0 Å². The average molecular weight is 265 g/mol. The first-order valence-corrected chi connectivity index (χ1v) is 5.78. The summed E-state index contributed by atoms with van der Waals surface area (Å²) in [6.45, 7) is 4.10. The number of likely N-dealkylation sites (tertiary alicyclic amines) is 1. The van der Waals surface area contributed by atoms with Crippen molar-refractivity contribution in [2.75, 3.05) is 19.6 Å². The first-order valence-electron chi connectivity index (χ1n) is 4.70. The van der Waals surface area contributed by atoms with E-state index < -0.39 is 0 Å². The highest BCUT2D eigenvalue weighted by molar-refractivity contribution is 14.1. The van der Waals surface area contributed by atoms with E-state index in [-0.39, 0.29) is 0 Å². The van der Waals surface area contributed by atoms with Crippen LogP contribution in [0.2, 0.25) is 0 Å². The van der Waals surface area contributed by atoms with Crippen LogP contribution >= 0.6 is 22.6 Å². The molecule has 64 valence electrons. The molecule has 0 spiro atoms. The van der Waals surface area contributed by atoms with Crippen molar-refractivity contribution < 1.29 is 0 Å².